The first-order chi connectivity index (χ1) is 12.5. The molecule has 0 fully saturated rings. The standard InChI is InChI=1S/C19H22BrCl2NO3/c1-24-7-3-6-23-11-14-8-18(25-2)19(10-16(14)20)26-12-13-4-5-15(21)9-17(13)22/h4-5,8-10,23H,3,6-7,11-12H2,1-2H3. The number of halogens is 3. The van der Waals surface area contributed by atoms with Crippen LogP contribution in [-0.4, -0.2) is 27.4 Å². The first-order valence-electron chi connectivity index (χ1n) is 8.18. The van der Waals surface area contributed by atoms with Crippen molar-refractivity contribution in [2.75, 3.05) is 27.4 Å². The SMILES string of the molecule is COCCCNCc1cc(OC)c(OCc2ccc(Cl)cc2Cl)cc1Br. The quantitative estimate of drug-likeness (QED) is 0.475. The Bertz CT molecular complexity index is 728. The van der Waals surface area contributed by atoms with Crippen molar-refractivity contribution in [3.8, 4) is 11.5 Å². The van der Waals surface area contributed by atoms with Crippen LogP contribution in [-0.2, 0) is 17.9 Å². The molecule has 142 valence electrons. The molecule has 0 heterocycles. The van der Waals surface area contributed by atoms with E-state index in [4.69, 9.17) is 37.4 Å². The van der Waals surface area contributed by atoms with Gasteiger partial charge in [0, 0.05) is 40.3 Å². The minimum absolute atomic E-state index is 0.327. The summed E-state index contributed by atoms with van der Waals surface area (Å²) in [5.41, 5.74) is 1.95. The van der Waals surface area contributed by atoms with Crippen molar-refractivity contribution < 1.29 is 14.2 Å². The van der Waals surface area contributed by atoms with Crippen LogP contribution in [0.3, 0.4) is 0 Å². The first-order valence-corrected chi connectivity index (χ1v) is 9.72. The summed E-state index contributed by atoms with van der Waals surface area (Å²) in [6, 6.07) is 9.22. The number of rotatable bonds is 10. The third-order valence-corrected chi connectivity index (χ3v) is 5.07. The second-order valence-electron chi connectivity index (χ2n) is 5.64. The van der Waals surface area contributed by atoms with Crippen LogP contribution in [0.5, 0.6) is 11.5 Å². The van der Waals surface area contributed by atoms with E-state index in [9.17, 15) is 0 Å². The Labute approximate surface area is 172 Å². The molecule has 0 aliphatic carbocycles. The van der Waals surface area contributed by atoms with Gasteiger partial charge in [-0.05, 0) is 42.8 Å². The highest BCUT2D eigenvalue weighted by Gasteiger charge is 2.11. The molecule has 0 radical (unpaired) electrons. The van der Waals surface area contributed by atoms with E-state index in [1.54, 1.807) is 26.4 Å². The average molecular weight is 463 g/mol. The van der Waals surface area contributed by atoms with Gasteiger partial charge in [-0.25, -0.2) is 0 Å². The summed E-state index contributed by atoms with van der Waals surface area (Å²) in [7, 11) is 3.33. The first kappa shape index (κ1) is 21.3. The van der Waals surface area contributed by atoms with E-state index in [0.717, 1.165) is 41.7 Å². The van der Waals surface area contributed by atoms with Crippen LogP contribution in [0.2, 0.25) is 10.0 Å². The molecule has 0 spiro atoms. The summed E-state index contributed by atoms with van der Waals surface area (Å²) < 4.78 is 17.4. The molecule has 0 aromatic heterocycles. The summed E-state index contributed by atoms with van der Waals surface area (Å²) in [6.45, 7) is 2.69. The van der Waals surface area contributed by atoms with Gasteiger partial charge in [-0.15, -0.1) is 0 Å². The van der Waals surface area contributed by atoms with Crippen LogP contribution in [0.4, 0.5) is 0 Å². The maximum absolute atomic E-state index is 6.20. The van der Waals surface area contributed by atoms with Crippen molar-refractivity contribution in [2.45, 2.75) is 19.6 Å². The molecule has 0 aliphatic heterocycles. The molecular weight excluding hydrogens is 441 g/mol. The molecule has 2 aromatic carbocycles. The van der Waals surface area contributed by atoms with Gasteiger partial charge in [0.1, 0.15) is 6.61 Å². The number of ether oxygens (including phenoxy) is 3. The predicted octanol–water partition coefficient (Wildman–Crippen LogP) is 5.47. The Morgan fingerprint density at radius 1 is 1.04 bits per heavy atom. The Kier molecular flexibility index (Phi) is 9.02. The molecule has 2 aromatic rings. The molecule has 2 rings (SSSR count). The molecule has 7 heteroatoms. The molecule has 26 heavy (non-hydrogen) atoms. The van der Waals surface area contributed by atoms with Crippen LogP contribution >= 0.6 is 39.1 Å². The fraction of sp³-hybridized carbons (Fsp3) is 0.368. The van der Waals surface area contributed by atoms with Crippen LogP contribution in [0.1, 0.15) is 17.5 Å². The molecule has 0 amide bonds. The Morgan fingerprint density at radius 2 is 1.85 bits per heavy atom. The lowest BCUT2D eigenvalue weighted by atomic mass is 10.2. The highest BCUT2D eigenvalue weighted by Crippen LogP contribution is 2.34. The minimum Gasteiger partial charge on any atom is -0.493 e. The lowest BCUT2D eigenvalue weighted by Crippen LogP contribution is -2.16. The van der Waals surface area contributed by atoms with Crippen molar-refractivity contribution in [1.29, 1.82) is 0 Å². The highest BCUT2D eigenvalue weighted by atomic mass is 79.9. The zero-order chi connectivity index (χ0) is 18.9. The van der Waals surface area contributed by atoms with E-state index in [0.29, 0.717) is 28.2 Å². The molecule has 0 unspecified atom stereocenters. The molecule has 0 bridgehead atoms. The fourth-order valence-corrected chi connectivity index (χ4v) is 3.27. The topological polar surface area (TPSA) is 39.7 Å². The molecule has 1 N–H and O–H groups in total. The van der Waals surface area contributed by atoms with Gasteiger partial charge < -0.3 is 19.5 Å². The predicted molar refractivity (Wildman–Crippen MR) is 110 cm³/mol. The lowest BCUT2D eigenvalue weighted by molar-refractivity contribution is 0.194. The van der Waals surface area contributed by atoms with Gasteiger partial charge >= 0.3 is 0 Å². The number of methoxy groups -OCH3 is 2. The highest BCUT2D eigenvalue weighted by molar-refractivity contribution is 9.10. The third-order valence-electron chi connectivity index (χ3n) is 3.75. The van der Waals surface area contributed by atoms with Gasteiger partial charge in [0.05, 0.1) is 7.11 Å². The van der Waals surface area contributed by atoms with Crippen LogP contribution < -0.4 is 14.8 Å². The van der Waals surface area contributed by atoms with Gasteiger partial charge in [0.15, 0.2) is 11.5 Å². The van der Waals surface area contributed by atoms with E-state index >= 15 is 0 Å². The Balaban J connectivity index is 2.03. The van der Waals surface area contributed by atoms with Gasteiger partial charge in [0.2, 0.25) is 0 Å². The molecule has 0 saturated carbocycles. The largest absolute Gasteiger partial charge is 0.493 e. The number of benzene rings is 2. The Hall–Kier alpha value is -0.980. The maximum atomic E-state index is 6.20. The number of hydrogen-bond donors (Lipinski definition) is 1. The van der Waals surface area contributed by atoms with Crippen molar-refractivity contribution in [1.82, 2.24) is 5.32 Å². The minimum atomic E-state index is 0.327. The molecule has 4 nitrogen and oxygen atoms in total. The van der Waals surface area contributed by atoms with E-state index in [2.05, 4.69) is 21.2 Å². The fourth-order valence-electron chi connectivity index (χ4n) is 2.34. The van der Waals surface area contributed by atoms with Gasteiger partial charge in [-0.3, -0.25) is 0 Å². The van der Waals surface area contributed by atoms with Gasteiger partial charge in [-0.2, -0.15) is 0 Å². The summed E-state index contributed by atoms with van der Waals surface area (Å²) in [5, 5.41) is 4.56. The molecule has 0 saturated heterocycles. The second kappa shape index (κ2) is 11.0. The van der Waals surface area contributed by atoms with Crippen molar-refractivity contribution in [3.05, 3.63) is 56.0 Å². The zero-order valence-corrected chi connectivity index (χ0v) is 17.9. The van der Waals surface area contributed by atoms with E-state index < -0.39 is 0 Å². The average Bonchev–Trinajstić information content (AvgIpc) is 2.62. The summed E-state index contributed by atoms with van der Waals surface area (Å²) in [5.74, 6) is 1.32. The summed E-state index contributed by atoms with van der Waals surface area (Å²) in [4.78, 5) is 0. The van der Waals surface area contributed by atoms with Crippen LogP contribution in [0.25, 0.3) is 0 Å². The molecule has 0 atom stereocenters. The van der Waals surface area contributed by atoms with Crippen molar-refractivity contribution in [2.24, 2.45) is 0 Å². The third kappa shape index (κ3) is 6.32. The number of hydrogen-bond acceptors (Lipinski definition) is 4. The lowest BCUT2D eigenvalue weighted by Gasteiger charge is -2.15. The normalized spacial score (nSPS) is 10.8. The van der Waals surface area contributed by atoms with Crippen molar-refractivity contribution >= 4 is 39.1 Å². The van der Waals surface area contributed by atoms with E-state index in [1.807, 2.05) is 18.2 Å². The van der Waals surface area contributed by atoms with E-state index in [-0.39, 0.29) is 0 Å². The molecule has 0 aliphatic rings. The zero-order valence-electron chi connectivity index (χ0n) is 14.8. The smallest absolute Gasteiger partial charge is 0.162 e. The second-order valence-corrected chi connectivity index (χ2v) is 7.34. The summed E-state index contributed by atoms with van der Waals surface area (Å²) in [6.07, 6.45) is 0.967. The van der Waals surface area contributed by atoms with Gasteiger partial charge in [-0.1, -0.05) is 45.2 Å². The monoisotopic (exact) mass is 461 g/mol. The van der Waals surface area contributed by atoms with E-state index in [1.165, 1.54) is 0 Å². The Morgan fingerprint density at radius 3 is 2.54 bits per heavy atom. The maximum Gasteiger partial charge on any atom is 0.162 e. The number of nitrogens with one attached hydrogen (secondary N) is 1. The van der Waals surface area contributed by atoms with Crippen LogP contribution in [0.15, 0.2) is 34.8 Å². The van der Waals surface area contributed by atoms with Gasteiger partial charge in [0.25, 0.3) is 0 Å². The molecular formula is C19H22BrCl2NO3. The van der Waals surface area contributed by atoms with Crippen molar-refractivity contribution in [3.63, 3.8) is 0 Å². The van der Waals surface area contributed by atoms with Crippen LogP contribution in [0, 0.1) is 0 Å². The summed E-state index contributed by atoms with van der Waals surface area (Å²) >= 11 is 15.7.